The zero-order valence-corrected chi connectivity index (χ0v) is 16.9. The molecule has 4 rings (SSSR count). The molecule has 0 spiro atoms. The molecule has 10 heteroatoms. The van der Waals surface area contributed by atoms with Gasteiger partial charge in [-0.3, -0.25) is 9.78 Å². The van der Waals surface area contributed by atoms with Crippen LogP contribution in [0, 0.1) is 0 Å². The Kier molecular flexibility index (Phi) is 5.76. The van der Waals surface area contributed by atoms with Gasteiger partial charge >= 0.3 is 12.1 Å². The second-order valence-corrected chi connectivity index (χ2v) is 7.06. The number of rotatable bonds is 6. The van der Waals surface area contributed by atoms with Gasteiger partial charge in [-0.05, 0) is 30.3 Å². The van der Waals surface area contributed by atoms with E-state index in [-0.39, 0.29) is 22.9 Å². The van der Waals surface area contributed by atoms with E-state index >= 15 is 0 Å². The van der Waals surface area contributed by atoms with Gasteiger partial charge in [-0.2, -0.15) is 18.2 Å². The molecule has 0 radical (unpaired) electrons. The third-order valence-corrected chi connectivity index (χ3v) is 4.81. The molecule has 7 nitrogen and oxygen atoms in total. The van der Waals surface area contributed by atoms with Gasteiger partial charge in [-0.25, -0.2) is 0 Å². The molecular weight excluding hydrogens is 423 g/mol. The normalized spacial score (nSPS) is 11.5. The Bertz CT molecular complexity index is 1260. The summed E-state index contributed by atoms with van der Waals surface area (Å²) >= 11 is 0. The molecule has 0 saturated heterocycles. The number of carbonyl (C=O) groups is 1. The standard InChI is InChI=1S/C22H18F3N5O2/c1-30(17-8-7-14-6-3-9-26-18(14)13-17)11-10-27-20(31)16-5-2-4-15(12-16)19-28-21(32-29-19)22(23,24)25/h2-9,12-13H,10-11H2,1H3,(H,27,31). The first-order chi connectivity index (χ1) is 15.3. The summed E-state index contributed by atoms with van der Waals surface area (Å²) in [6, 6.07) is 15.8. The van der Waals surface area contributed by atoms with Crippen molar-refractivity contribution in [3.05, 3.63) is 72.2 Å². The highest BCUT2D eigenvalue weighted by molar-refractivity contribution is 5.95. The van der Waals surface area contributed by atoms with Crippen LogP contribution in [0.3, 0.4) is 0 Å². The van der Waals surface area contributed by atoms with Gasteiger partial charge in [0.05, 0.1) is 5.52 Å². The molecule has 32 heavy (non-hydrogen) atoms. The van der Waals surface area contributed by atoms with Crippen LogP contribution >= 0.6 is 0 Å². The van der Waals surface area contributed by atoms with E-state index in [0.717, 1.165) is 16.6 Å². The largest absolute Gasteiger partial charge is 0.471 e. The second kappa shape index (κ2) is 8.66. The minimum absolute atomic E-state index is 0.239. The summed E-state index contributed by atoms with van der Waals surface area (Å²) in [5, 5.41) is 7.19. The number of likely N-dealkylation sites (N-methyl/N-ethyl adjacent to an activating group) is 1. The number of anilines is 1. The predicted molar refractivity (Wildman–Crippen MR) is 112 cm³/mol. The zero-order valence-electron chi connectivity index (χ0n) is 16.9. The molecule has 1 N–H and O–H groups in total. The lowest BCUT2D eigenvalue weighted by Gasteiger charge is -2.20. The molecule has 0 aliphatic carbocycles. The van der Waals surface area contributed by atoms with Crippen molar-refractivity contribution in [1.29, 1.82) is 0 Å². The summed E-state index contributed by atoms with van der Waals surface area (Å²) in [5.74, 6) is -2.04. The average Bonchev–Trinajstić information content (AvgIpc) is 3.30. The van der Waals surface area contributed by atoms with E-state index in [1.807, 2.05) is 42.3 Å². The highest BCUT2D eigenvalue weighted by Crippen LogP contribution is 2.29. The van der Waals surface area contributed by atoms with Gasteiger partial charge in [-0.1, -0.05) is 29.4 Å². The minimum Gasteiger partial charge on any atom is -0.373 e. The Morgan fingerprint density at radius 3 is 2.75 bits per heavy atom. The summed E-state index contributed by atoms with van der Waals surface area (Å²) in [6.45, 7) is 0.907. The third-order valence-electron chi connectivity index (χ3n) is 4.81. The van der Waals surface area contributed by atoms with Gasteiger partial charge in [0.25, 0.3) is 5.91 Å². The van der Waals surface area contributed by atoms with Crippen LogP contribution in [0.25, 0.3) is 22.3 Å². The van der Waals surface area contributed by atoms with Crippen molar-refractivity contribution in [2.45, 2.75) is 6.18 Å². The van der Waals surface area contributed by atoms with Crippen molar-refractivity contribution in [3.8, 4) is 11.4 Å². The van der Waals surface area contributed by atoms with Crippen LogP contribution in [0.4, 0.5) is 18.9 Å². The summed E-state index contributed by atoms with van der Waals surface area (Å²) < 4.78 is 42.2. The molecule has 0 aliphatic rings. The molecule has 0 bridgehead atoms. The van der Waals surface area contributed by atoms with E-state index in [4.69, 9.17) is 0 Å². The monoisotopic (exact) mass is 441 g/mol. The number of benzene rings is 2. The fourth-order valence-electron chi connectivity index (χ4n) is 3.12. The van der Waals surface area contributed by atoms with E-state index in [0.29, 0.717) is 13.1 Å². The SMILES string of the molecule is CN(CCNC(=O)c1cccc(-c2noc(C(F)(F)F)n2)c1)c1ccc2cccnc2c1. The van der Waals surface area contributed by atoms with Crippen LogP contribution in [-0.2, 0) is 6.18 Å². The van der Waals surface area contributed by atoms with Crippen molar-refractivity contribution < 1.29 is 22.5 Å². The molecule has 4 aromatic rings. The molecular formula is C22H18F3N5O2. The summed E-state index contributed by atoms with van der Waals surface area (Å²) in [6.07, 6.45) is -2.99. The fourth-order valence-corrected chi connectivity index (χ4v) is 3.12. The first-order valence-electron chi connectivity index (χ1n) is 9.67. The number of hydrogen-bond acceptors (Lipinski definition) is 6. The maximum absolute atomic E-state index is 12.7. The molecule has 0 unspecified atom stereocenters. The van der Waals surface area contributed by atoms with Crippen molar-refractivity contribution >= 4 is 22.5 Å². The molecule has 0 aliphatic heterocycles. The number of amides is 1. The zero-order chi connectivity index (χ0) is 22.7. The summed E-state index contributed by atoms with van der Waals surface area (Å²) in [5.41, 5.74) is 2.37. The first-order valence-corrected chi connectivity index (χ1v) is 9.67. The lowest BCUT2D eigenvalue weighted by Crippen LogP contribution is -2.33. The predicted octanol–water partition coefficient (Wildman–Crippen LogP) is 4.17. The average molecular weight is 441 g/mol. The maximum atomic E-state index is 12.7. The van der Waals surface area contributed by atoms with Crippen LogP contribution < -0.4 is 10.2 Å². The smallest absolute Gasteiger partial charge is 0.373 e. The van der Waals surface area contributed by atoms with Gasteiger partial charge in [0.1, 0.15) is 0 Å². The lowest BCUT2D eigenvalue weighted by atomic mass is 10.1. The van der Waals surface area contributed by atoms with E-state index in [1.165, 1.54) is 12.1 Å². The van der Waals surface area contributed by atoms with Crippen LogP contribution in [0.2, 0.25) is 0 Å². The van der Waals surface area contributed by atoms with Crippen LogP contribution in [-0.4, -0.2) is 41.2 Å². The van der Waals surface area contributed by atoms with Crippen molar-refractivity contribution in [2.24, 2.45) is 0 Å². The number of halogens is 3. The summed E-state index contributed by atoms with van der Waals surface area (Å²) in [7, 11) is 1.91. The molecule has 0 atom stereocenters. The van der Waals surface area contributed by atoms with Gasteiger partial charge in [0.15, 0.2) is 0 Å². The minimum atomic E-state index is -4.73. The fraction of sp³-hybridized carbons (Fsp3) is 0.182. The Morgan fingerprint density at radius 2 is 1.97 bits per heavy atom. The number of hydrogen-bond donors (Lipinski definition) is 1. The molecule has 1 amide bonds. The Balaban J connectivity index is 1.37. The molecule has 0 saturated carbocycles. The van der Waals surface area contributed by atoms with Crippen LogP contribution in [0.5, 0.6) is 0 Å². The molecule has 2 heterocycles. The Labute approximate surface area is 180 Å². The van der Waals surface area contributed by atoms with Crippen LogP contribution in [0.15, 0.2) is 65.3 Å². The second-order valence-electron chi connectivity index (χ2n) is 7.06. The number of pyridine rings is 1. The first kappa shape index (κ1) is 21.3. The topological polar surface area (TPSA) is 84.2 Å². The number of aromatic nitrogens is 3. The van der Waals surface area contributed by atoms with E-state index in [1.54, 1.807) is 18.3 Å². The van der Waals surface area contributed by atoms with Crippen LogP contribution in [0.1, 0.15) is 16.2 Å². The van der Waals surface area contributed by atoms with Gasteiger partial charge in [0.2, 0.25) is 5.82 Å². The highest BCUT2D eigenvalue weighted by atomic mass is 19.4. The van der Waals surface area contributed by atoms with Gasteiger partial charge in [0, 0.05) is 48.5 Å². The molecule has 2 aromatic heterocycles. The van der Waals surface area contributed by atoms with E-state index < -0.39 is 12.1 Å². The maximum Gasteiger partial charge on any atom is 0.471 e. The van der Waals surface area contributed by atoms with E-state index in [2.05, 4.69) is 25.0 Å². The van der Waals surface area contributed by atoms with Crippen molar-refractivity contribution in [3.63, 3.8) is 0 Å². The van der Waals surface area contributed by atoms with Gasteiger partial charge in [-0.15, -0.1) is 0 Å². The Hall–Kier alpha value is -3.95. The lowest BCUT2D eigenvalue weighted by molar-refractivity contribution is -0.159. The molecule has 164 valence electrons. The number of alkyl halides is 3. The third kappa shape index (κ3) is 4.69. The molecule has 2 aromatic carbocycles. The number of fused-ring (bicyclic) bond motifs is 1. The van der Waals surface area contributed by atoms with Gasteiger partial charge < -0.3 is 14.7 Å². The quantitative estimate of drug-likeness (QED) is 0.484. The number of carbonyl (C=O) groups excluding carboxylic acids is 1. The summed E-state index contributed by atoms with van der Waals surface area (Å²) in [4.78, 5) is 22.2. The Morgan fingerprint density at radius 1 is 1.12 bits per heavy atom. The van der Waals surface area contributed by atoms with Crippen molar-refractivity contribution in [1.82, 2.24) is 20.4 Å². The van der Waals surface area contributed by atoms with E-state index in [9.17, 15) is 18.0 Å². The number of nitrogens with zero attached hydrogens (tertiary/aromatic N) is 4. The highest BCUT2D eigenvalue weighted by Gasteiger charge is 2.38. The molecule has 0 fully saturated rings. The number of nitrogens with one attached hydrogen (secondary N) is 1. The van der Waals surface area contributed by atoms with Crippen molar-refractivity contribution in [2.75, 3.05) is 25.0 Å².